The van der Waals surface area contributed by atoms with Gasteiger partial charge in [-0.15, -0.1) is 0 Å². The van der Waals surface area contributed by atoms with Gasteiger partial charge < -0.3 is 20.1 Å². The highest BCUT2D eigenvalue weighted by molar-refractivity contribution is 5.63. The van der Waals surface area contributed by atoms with Gasteiger partial charge in [-0.3, -0.25) is 0 Å². The zero-order valence-corrected chi connectivity index (χ0v) is 15.8. The molecule has 1 heterocycles. The molecule has 0 atom stereocenters. The maximum atomic E-state index is 5.83. The predicted molar refractivity (Wildman–Crippen MR) is 108 cm³/mol. The van der Waals surface area contributed by atoms with E-state index in [0.717, 1.165) is 28.6 Å². The second-order valence-electron chi connectivity index (χ2n) is 6.22. The van der Waals surface area contributed by atoms with Crippen LogP contribution in [-0.4, -0.2) is 23.2 Å². The Balaban J connectivity index is 1.71. The molecule has 0 fully saturated rings. The number of hydrogen-bond acceptors (Lipinski definition) is 6. The molecule has 0 unspecified atom stereocenters. The number of rotatable bonds is 8. The molecule has 0 aliphatic heterocycles. The van der Waals surface area contributed by atoms with Crippen LogP contribution in [0.1, 0.15) is 19.4 Å². The number of para-hydroxylation sites is 3. The average molecular weight is 364 g/mol. The molecule has 1 aromatic heterocycles. The molecule has 2 aromatic carbocycles. The van der Waals surface area contributed by atoms with Gasteiger partial charge in [0.05, 0.1) is 18.9 Å². The number of anilines is 3. The zero-order chi connectivity index (χ0) is 19.1. The van der Waals surface area contributed by atoms with Crippen molar-refractivity contribution in [3.63, 3.8) is 0 Å². The fourth-order valence-corrected chi connectivity index (χ4v) is 2.60. The highest BCUT2D eigenvalue weighted by Crippen LogP contribution is 2.27. The van der Waals surface area contributed by atoms with Crippen molar-refractivity contribution in [1.82, 2.24) is 9.97 Å². The summed E-state index contributed by atoms with van der Waals surface area (Å²) in [6.45, 7) is 4.60. The Morgan fingerprint density at radius 3 is 2.48 bits per heavy atom. The lowest BCUT2D eigenvalue weighted by Crippen LogP contribution is -2.08. The molecule has 0 amide bonds. The third kappa shape index (κ3) is 5.10. The Morgan fingerprint density at radius 1 is 0.963 bits per heavy atom. The minimum absolute atomic E-state index is 0.0859. The van der Waals surface area contributed by atoms with Crippen LogP contribution in [0.5, 0.6) is 11.5 Å². The monoisotopic (exact) mass is 364 g/mol. The van der Waals surface area contributed by atoms with Crippen LogP contribution in [0.4, 0.5) is 17.5 Å². The number of benzene rings is 2. The highest BCUT2D eigenvalue weighted by Gasteiger charge is 2.08. The van der Waals surface area contributed by atoms with Crippen LogP contribution in [0.25, 0.3) is 0 Å². The van der Waals surface area contributed by atoms with Crippen molar-refractivity contribution >= 4 is 17.5 Å². The van der Waals surface area contributed by atoms with E-state index in [1.165, 1.54) is 0 Å². The quantitative estimate of drug-likeness (QED) is 0.607. The number of nitrogens with one attached hydrogen (secondary N) is 2. The molecule has 2 N–H and O–H groups in total. The van der Waals surface area contributed by atoms with Gasteiger partial charge in [0.15, 0.2) is 0 Å². The molecule has 3 aromatic rings. The van der Waals surface area contributed by atoms with E-state index in [1.807, 2.05) is 68.4 Å². The van der Waals surface area contributed by atoms with E-state index in [0.29, 0.717) is 12.5 Å². The molecule has 0 saturated heterocycles. The zero-order valence-electron chi connectivity index (χ0n) is 15.8. The summed E-state index contributed by atoms with van der Waals surface area (Å²) < 4.78 is 11.2. The van der Waals surface area contributed by atoms with Crippen molar-refractivity contribution in [3.05, 3.63) is 66.4 Å². The molecule has 0 aliphatic rings. The van der Waals surface area contributed by atoms with E-state index in [4.69, 9.17) is 9.47 Å². The number of methoxy groups -OCH3 is 1. The summed E-state index contributed by atoms with van der Waals surface area (Å²) in [5.74, 6) is 2.83. The van der Waals surface area contributed by atoms with E-state index in [2.05, 4.69) is 20.6 Å². The molecule has 0 bridgehead atoms. The first-order valence-electron chi connectivity index (χ1n) is 8.87. The van der Waals surface area contributed by atoms with Gasteiger partial charge in [0.2, 0.25) is 5.95 Å². The molecular formula is C21H24N4O2. The maximum absolute atomic E-state index is 5.83. The molecule has 0 spiro atoms. The van der Waals surface area contributed by atoms with E-state index < -0.39 is 0 Å². The van der Waals surface area contributed by atoms with Gasteiger partial charge in [-0.1, -0.05) is 30.3 Å². The summed E-state index contributed by atoms with van der Waals surface area (Å²) in [5, 5.41) is 6.53. The Morgan fingerprint density at radius 2 is 1.70 bits per heavy atom. The standard InChI is InChI=1S/C21H24N4O2/c1-15(2)27-19-11-7-5-9-17(19)24-21-22-13-12-20(25-21)23-14-16-8-4-6-10-18(16)26-3/h4-13,15H,14H2,1-3H3,(H2,22,23,24,25). The minimum Gasteiger partial charge on any atom is -0.496 e. The molecule has 0 saturated carbocycles. The van der Waals surface area contributed by atoms with E-state index in [-0.39, 0.29) is 6.10 Å². The molecule has 6 nitrogen and oxygen atoms in total. The largest absolute Gasteiger partial charge is 0.496 e. The summed E-state index contributed by atoms with van der Waals surface area (Å²) in [6.07, 6.45) is 1.80. The summed E-state index contributed by atoms with van der Waals surface area (Å²) in [4.78, 5) is 8.83. The highest BCUT2D eigenvalue weighted by atomic mass is 16.5. The van der Waals surface area contributed by atoms with Gasteiger partial charge in [-0.2, -0.15) is 4.98 Å². The molecule has 3 rings (SSSR count). The fourth-order valence-electron chi connectivity index (χ4n) is 2.60. The molecule has 0 aliphatic carbocycles. The Kier molecular flexibility index (Phi) is 6.10. The number of nitrogens with zero attached hydrogens (tertiary/aromatic N) is 2. The van der Waals surface area contributed by atoms with Gasteiger partial charge in [0.1, 0.15) is 17.3 Å². The molecule has 0 radical (unpaired) electrons. The Labute approximate surface area is 159 Å². The Bertz CT molecular complexity index is 883. The number of aromatic nitrogens is 2. The molecule has 27 heavy (non-hydrogen) atoms. The predicted octanol–water partition coefficient (Wildman–Crippen LogP) is 4.63. The summed E-state index contributed by atoms with van der Waals surface area (Å²) >= 11 is 0. The van der Waals surface area contributed by atoms with Gasteiger partial charge in [-0.05, 0) is 38.1 Å². The van der Waals surface area contributed by atoms with Crippen LogP contribution >= 0.6 is 0 Å². The van der Waals surface area contributed by atoms with Crippen molar-refractivity contribution in [1.29, 1.82) is 0 Å². The molecule has 140 valence electrons. The topological polar surface area (TPSA) is 68.3 Å². The minimum atomic E-state index is 0.0859. The van der Waals surface area contributed by atoms with Crippen molar-refractivity contribution in [3.8, 4) is 11.5 Å². The summed E-state index contributed by atoms with van der Waals surface area (Å²) in [7, 11) is 1.67. The lowest BCUT2D eigenvalue weighted by atomic mass is 10.2. The first-order chi connectivity index (χ1) is 13.2. The van der Waals surface area contributed by atoms with E-state index in [1.54, 1.807) is 13.3 Å². The van der Waals surface area contributed by atoms with Crippen molar-refractivity contribution in [2.24, 2.45) is 0 Å². The average Bonchev–Trinajstić information content (AvgIpc) is 2.68. The van der Waals surface area contributed by atoms with Crippen LogP contribution in [0.15, 0.2) is 60.8 Å². The fraction of sp³-hybridized carbons (Fsp3) is 0.238. The molecular weight excluding hydrogens is 340 g/mol. The first-order valence-corrected chi connectivity index (χ1v) is 8.87. The second-order valence-corrected chi connectivity index (χ2v) is 6.22. The van der Waals surface area contributed by atoms with Gasteiger partial charge in [-0.25, -0.2) is 4.98 Å². The lowest BCUT2D eigenvalue weighted by molar-refractivity contribution is 0.244. The second kappa shape index (κ2) is 8.89. The van der Waals surface area contributed by atoms with Crippen molar-refractivity contribution < 1.29 is 9.47 Å². The van der Waals surface area contributed by atoms with Crippen LogP contribution < -0.4 is 20.1 Å². The molecule has 6 heteroatoms. The number of hydrogen-bond donors (Lipinski definition) is 2. The van der Waals surface area contributed by atoms with Crippen LogP contribution in [-0.2, 0) is 6.54 Å². The number of ether oxygens (including phenoxy) is 2. The summed E-state index contributed by atoms with van der Waals surface area (Å²) in [5.41, 5.74) is 1.89. The first kappa shape index (κ1) is 18.5. The van der Waals surface area contributed by atoms with Crippen molar-refractivity contribution in [2.45, 2.75) is 26.5 Å². The van der Waals surface area contributed by atoms with Crippen molar-refractivity contribution in [2.75, 3.05) is 17.7 Å². The Hall–Kier alpha value is -3.28. The smallest absolute Gasteiger partial charge is 0.229 e. The normalized spacial score (nSPS) is 10.5. The lowest BCUT2D eigenvalue weighted by Gasteiger charge is -2.15. The third-order valence-electron chi connectivity index (χ3n) is 3.80. The van der Waals surface area contributed by atoms with Gasteiger partial charge in [0.25, 0.3) is 0 Å². The third-order valence-corrected chi connectivity index (χ3v) is 3.80. The van der Waals surface area contributed by atoms with Crippen LogP contribution in [0.2, 0.25) is 0 Å². The maximum Gasteiger partial charge on any atom is 0.229 e. The van der Waals surface area contributed by atoms with E-state index >= 15 is 0 Å². The van der Waals surface area contributed by atoms with Gasteiger partial charge >= 0.3 is 0 Å². The van der Waals surface area contributed by atoms with Crippen LogP contribution in [0.3, 0.4) is 0 Å². The summed E-state index contributed by atoms with van der Waals surface area (Å²) in [6, 6.07) is 17.5. The van der Waals surface area contributed by atoms with Crippen LogP contribution in [0, 0.1) is 0 Å². The van der Waals surface area contributed by atoms with E-state index in [9.17, 15) is 0 Å². The SMILES string of the molecule is COc1ccccc1CNc1ccnc(Nc2ccccc2OC(C)C)n1. The van der Waals surface area contributed by atoms with Gasteiger partial charge in [0, 0.05) is 18.3 Å².